The van der Waals surface area contributed by atoms with Gasteiger partial charge in [0.05, 0.1) is 19.2 Å². The van der Waals surface area contributed by atoms with Crippen molar-refractivity contribution < 1.29 is 14.3 Å². The fourth-order valence-electron chi connectivity index (χ4n) is 3.07. The van der Waals surface area contributed by atoms with Crippen molar-refractivity contribution in [2.24, 2.45) is 0 Å². The number of carbonyl (C=O) groups excluding carboxylic acids is 1. The summed E-state index contributed by atoms with van der Waals surface area (Å²) in [6, 6.07) is 9.67. The van der Waals surface area contributed by atoms with Crippen LogP contribution in [0.3, 0.4) is 0 Å². The van der Waals surface area contributed by atoms with Crippen LogP contribution < -0.4 is 14.8 Å². The van der Waals surface area contributed by atoms with Gasteiger partial charge in [0.2, 0.25) is 5.91 Å². The first-order valence-electron chi connectivity index (χ1n) is 9.31. The molecular formula is C23H28ClNO3. The van der Waals surface area contributed by atoms with Crippen molar-refractivity contribution in [3.05, 3.63) is 58.1 Å². The third-order valence-electron chi connectivity index (χ3n) is 4.50. The van der Waals surface area contributed by atoms with Crippen molar-refractivity contribution in [1.29, 1.82) is 0 Å². The lowest BCUT2D eigenvalue weighted by molar-refractivity contribution is -0.111. The van der Waals surface area contributed by atoms with Crippen LogP contribution in [0.25, 0.3) is 6.08 Å². The number of para-hydroxylation sites is 1. The molecule has 0 radical (unpaired) electrons. The molecule has 28 heavy (non-hydrogen) atoms. The minimum Gasteiger partial charge on any atom is -0.493 e. The standard InChI is InChI=1S/C23H28ClNO3/c1-14(2)17-8-7-9-18(15(3)4)22(17)25-21(26)11-10-16-12-19(24)23(28-6)20(13-16)27-5/h7-15H,1-6H3,(H,25,26)/b11-10+. The Morgan fingerprint density at radius 1 is 1.04 bits per heavy atom. The number of hydrogen-bond donors (Lipinski definition) is 1. The van der Waals surface area contributed by atoms with Gasteiger partial charge in [-0.05, 0) is 46.7 Å². The molecule has 0 aliphatic heterocycles. The number of amides is 1. The molecule has 0 bridgehead atoms. The summed E-state index contributed by atoms with van der Waals surface area (Å²) in [6.07, 6.45) is 3.20. The highest BCUT2D eigenvalue weighted by atomic mass is 35.5. The van der Waals surface area contributed by atoms with Crippen LogP contribution in [0.2, 0.25) is 5.02 Å². The Kier molecular flexibility index (Phi) is 7.53. The summed E-state index contributed by atoms with van der Waals surface area (Å²) in [5.74, 6) is 1.41. The van der Waals surface area contributed by atoms with Crippen LogP contribution in [0.5, 0.6) is 11.5 Å². The summed E-state index contributed by atoms with van der Waals surface area (Å²) < 4.78 is 10.5. The Bertz CT molecular complexity index is 846. The van der Waals surface area contributed by atoms with Crippen LogP contribution in [-0.2, 0) is 4.79 Å². The van der Waals surface area contributed by atoms with Crippen LogP contribution in [0.4, 0.5) is 5.69 Å². The molecule has 0 unspecified atom stereocenters. The molecule has 1 amide bonds. The molecule has 2 rings (SSSR count). The summed E-state index contributed by atoms with van der Waals surface area (Å²) in [5.41, 5.74) is 3.90. The SMILES string of the molecule is COc1cc(/C=C/C(=O)Nc2c(C(C)C)cccc2C(C)C)cc(Cl)c1OC. The molecule has 0 fully saturated rings. The Morgan fingerprint density at radius 3 is 2.14 bits per heavy atom. The van der Waals surface area contributed by atoms with E-state index in [-0.39, 0.29) is 5.91 Å². The van der Waals surface area contributed by atoms with E-state index in [1.807, 2.05) is 6.07 Å². The van der Waals surface area contributed by atoms with Gasteiger partial charge < -0.3 is 14.8 Å². The zero-order valence-corrected chi connectivity index (χ0v) is 18.1. The summed E-state index contributed by atoms with van der Waals surface area (Å²) in [7, 11) is 3.08. The number of benzene rings is 2. The molecule has 0 heterocycles. The van der Waals surface area contributed by atoms with E-state index in [1.54, 1.807) is 25.3 Å². The van der Waals surface area contributed by atoms with E-state index in [9.17, 15) is 4.79 Å². The van der Waals surface area contributed by atoms with Crippen LogP contribution in [0.15, 0.2) is 36.4 Å². The average molecular weight is 402 g/mol. The summed E-state index contributed by atoms with van der Waals surface area (Å²) in [6.45, 7) is 8.49. The van der Waals surface area contributed by atoms with Crippen LogP contribution in [0, 0.1) is 0 Å². The molecular weight excluding hydrogens is 374 g/mol. The molecule has 0 saturated heterocycles. The van der Waals surface area contributed by atoms with Crippen LogP contribution in [-0.4, -0.2) is 20.1 Å². The van der Waals surface area contributed by atoms with E-state index >= 15 is 0 Å². The monoisotopic (exact) mass is 401 g/mol. The molecule has 0 aliphatic carbocycles. The first-order valence-corrected chi connectivity index (χ1v) is 9.69. The molecule has 0 aromatic heterocycles. The third-order valence-corrected chi connectivity index (χ3v) is 4.78. The van der Waals surface area contributed by atoms with Gasteiger partial charge in [-0.25, -0.2) is 0 Å². The first kappa shape index (κ1) is 21.8. The molecule has 0 atom stereocenters. The lowest BCUT2D eigenvalue weighted by atomic mass is 9.92. The maximum Gasteiger partial charge on any atom is 0.248 e. The number of nitrogens with one attached hydrogen (secondary N) is 1. The lowest BCUT2D eigenvalue weighted by Crippen LogP contribution is -2.13. The Hall–Kier alpha value is -2.46. The predicted octanol–water partition coefficient (Wildman–Crippen LogP) is 6.26. The molecule has 0 aliphatic rings. The Labute approximate surface area is 172 Å². The van der Waals surface area contributed by atoms with Gasteiger partial charge in [-0.1, -0.05) is 57.5 Å². The largest absolute Gasteiger partial charge is 0.493 e. The zero-order valence-electron chi connectivity index (χ0n) is 17.3. The summed E-state index contributed by atoms with van der Waals surface area (Å²) in [5, 5.41) is 3.49. The van der Waals surface area contributed by atoms with Crippen LogP contribution in [0.1, 0.15) is 56.2 Å². The smallest absolute Gasteiger partial charge is 0.248 e. The van der Waals surface area contributed by atoms with Gasteiger partial charge in [-0.3, -0.25) is 4.79 Å². The van der Waals surface area contributed by atoms with Gasteiger partial charge in [0.15, 0.2) is 11.5 Å². The fourth-order valence-corrected chi connectivity index (χ4v) is 3.36. The topological polar surface area (TPSA) is 47.6 Å². The van der Waals surface area contributed by atoms with E-state index < -0.39 is 0 Å². The minimum absolute atomic E-state index is 0.194. The van der Waals surface area contributed by atoms with Gasteiger partial charge in [-0.2, -0.15) is 0 Å². The highest BCUT2D eigenvalue weighted by molar-refractivity contribution is 6.32. The average Bonchev–Trinajstić information content (AvgIpc) is 2.65. The number of rotatable bonds is 7. The second-order valence-corrected chi connectivity index (χ2v) is 7.59. The van der Waals surface area contributed by atoms with E-state index in [1.165, 1.54) is 13.2 Å². The number of ether oxygens (including phenoxy) is 2. The molecule has 2 aromatic carbocycles. The number of anilines is 1. The van der Waals surface area contributed by atoms with Crippen molar-refractivity contribution in [2.45, 2.75) is 39.5 Å². The van der Waals surface area contributed by atoms with Gasteiger partial charge in [0, 0.05) is 11.8 Å². The third kappa shape index (κ3) is 5.08. The molecule has 1 N–H and O–H groups in total. The summed E-state index contributed by atoms with van der Waals surface area (Å²) in [4.78, 5) is 12.6. The van der Waals surface area contributed by atoms with Crippen molar-refractivity contribution in [3.63, 3.8) is 0 Å². The van der Waals surface area contributed by atoms with Crippen molar-refractivity contribution in [3.8, 4) is 11.5 Å². The maximum atomic E-state index is 12.6. The maximum absolute atomic E-state index is 12.6. The number of halogens is 1. The Morgan fingerprint density at radius 2 is 1.64 bits per heavy atom. The summed E-state index contributed by atoms with van der Waals surface area (Å²) >= 11 is 6.23. The van der Waals surface area contributed by atoms with Gasteiger partial charge >= 0.3 is 0 Å². The minimum atomic E-state index is -0.194. The normalized spacial score (nSPS) is 11.3. The fraction of sp³-hybridized carbons (Fsp3) is 0.348. The molecule has 0 spiro atoms. The van der Waals surface area contributed by atoms with Gasteiger partial charge in [-0.15, -0.1) is 0 Å². The van der Waals surface area contributed by atoms with Crippen molar-refractivity contribution in [2.75, 3.05) is 19.5 Å². The molecule has 2 aromatic rings. The first-order chi connectivity index (χ1) is 13.3. The molecule has 4 nitrogen and oxygen atoms in total. The van der Waals surface area contributed by atoms with E-state index in [0.29, 0.717) is 28.4 Å². The number of carbonyl (C=O) groups is 1. The van der Waals surface area contributed by atoms with E-state index in [0.717, 1.165) is 22.4 Å². The van der Waals surface area contributed by atoms with Crippen molar-refractivity contribution >= 4 is 29.3 Å². The van der Waals surface area contributed by atoms with Gasteiger partial charge in [0.25, 0.3) is 0 Å². The van der Waals surface area contributed by atoms with Gasteiger partial charge in [0.1, 0.15) is 0 Å². The molecule has 150 valence electrons. The van der Waals surface area contributed by atoms with Crippen LogP contribution >= 0.6 is 11.6 Å². The second kappa shape index (κ2) is 9.65. The molecule has 5 heteroatoms. The number of methoxy groups -OCH3 is 2. The Balaban J connectivity index is 2.29. The lowest BCUT2D eigenvalue weighted by Gasteiger charge is -2.19. The quantitative estimate of drug-likeness (QED) is 0.557. The van der Waals surface area contributed by atoms with E-state index in [2.05, 4.69) is 45.1 Å². The zero-order chi connectivity index (χ0) is 20.8. The highest BCUT2D eigenvalue weighted by Crippen LogP contribution is 2.36. The van der Waals surface area contributed by atoms with Crippen molar-refractivity contribution in [1.82, 2.24) is 0 Å². The predicted molar refractivity (Wildman–Crippen MR) is 117 cm³/mol. The van der Waals surface area contributed by atoms with E-state index in [4.69, 9.17) is 21.1 Å². The highest BCUT2D eigenvalue weighted by Gasteiger charge is 2.15. The molecule has 0 saturated carbocycles. The number of hydrogen-bond acceptors (Lipinski definition) is 3. The second-order valence-electron chi connectivity index (χ2n) is 7.18.